The predicted octanol–water partition coefficient (Wildman–Crippen LogP) is 4.34. The number of carbonyl (C=O) groups is 1. The SMILES string of the molecule is Cc1ccc(NC(=O)c2cc3ccccc3c3cccnc23)cn1. The van der Waals surface area contributed by atoms with Gasteiger partial charge in [-0.15, -0.1) is 0 Å². The number of fused-ring (bicyclic) bond motifs is 3. The van der Waals surface area contributed by atoms with Gasteiger partial charge in [-0.1, -0.05) is 30.3 Å². The molecule has 0 spiro atoms. The number of nitrogens with one attached hydrogen (secondary N) is 1. The fraction of sp³-hybridized carbons (Fsp3) is 0.0500. The van der Waals surface area contributed by atoms with Crippen molar-refractivity contribution in [1.29, 1.82) is 0 Å². The van der Waals surface area contributed by atoms with E-state index in [1.807, 2.05) is 61.5 Å². The Morgan fingerprint density at radius 1 is 0.958 bits per heavy atom. The lowest BCUT2D eigenvalue weighted by Gasteiger charge is -2.10. The van der Waals surface area contributed by atoms with Gasteiger partial charge in [0.15, 0.2) is 0 Å². The Kier molecular flexibility index (Phi) is 3.43. The van der Waals surface area contributed by atoms with Crippen molar-refractivity contribution in [2.24, 2.45) is 0 Å². The molecule has 0 saturated carbocycles. The van der Waals surface area contributed by atoms with Crippen LogP contribution in [0.25, 0.3) is 21.7 Å². The smallest absolute Gasteiger partial charge is 0.257 e. The first-order valence-electron chi connectivity index (χ1n) is 7.73. The fourth-order valence-corrected chi connectivity index (χ4v) is 2.84. The minimum Gasteiger partial charge on any atom is -0.321 e. The van der Waals surface area contributed by atoms with Gasteiger partial charge in [-0.05, 0) is 42.0 Å². The Bertz CT molecular complexity index is 1060. The van der Waals surface area contributed by atoms with E-state index < -0.39 is 0 Å². The van der Waals surface area contributed by atoms with E-state index in [9.17, 15) is 4.79 Å². The highest BCUT2D eigenvalue weighted by Gasteiger charge is 2.14. The molecule has 0 aliphatic heterocycles. The summed E-state index contributed by atoms with van der Waals surface area (Å²) < 4.78 is 0. The van der Waals surface area contributed by atoms with E-state index in [-0.39, 0.29) is 5.91 Å². The zero-order valence-corrected chi connectivity index (χ0v) is 13.2. The number of aromatic nitrogens is 2. The van der Waals surface area contributed by atoms with E-state index in [0.29, 0.717) is 16.8 Å². The number of hydrogen-bond acceptors (Lipinski definition) is 3. The topological polar surface area (TPSA) is 54.9 Å². The molecule has 1 N–H and O–H groups in total. The van der Waals surface area contributed by atoms with Crippen molar-refractivity contribution < 1.29 is 4.79 Å². The van der Waals surface area contributed by atoms with E-state index >= 15 is 0 Å². The number of anilines is 1. The molecule has 1 amide bonds. The molecule has 2 heterocycles. The van der Waals surface area contributed by atoms with Gasteiger partial charge in [0.25, 0.3) is 5.91 Å². The van der Waals surface area contributed by atoms with Crippen LogP contribution in [0.2, 0.25) is 0 Å². The molecule has 0 bridgehead atoms. The van der Waals surface area contributed by atoms with E-state index in [1.165, 1.54) is 0 Å². The molecule has 2 aromatic carbocycles. The minimum atomic E-state index is -0.185. The third-order valence-corrected chi connectivity index (χ3v) is 4.03. The van der Waals surface area contributed by atoms with E-state index in [0.717, 1.165) is 21.9 Å². The van der Waals surface area contributed by atoms with Crippen molar-refractivity contribution in [2.45, 2.75) is 6.92 Å². The summed E-state index contributed by atoms with van der Waals surface area (Å²) in [5.74, 6) is -0.185. The number of nitrogens with zero attached hydrogens (tertiary/aromatic N) is 2. The lowest BCUT2D eigenvalue weighted by molar-refractivity contribution is 0.102. The Hall–Kier alpha value is -3.27. The summed E-state index contributed by atoms with van der Waals surface area (Å²) in [5.41, 5.74) is 2.84. The molecule has 24 heavy (non-hydrogen) atoms. The molecule has 0 aliphatic carbocycles. The Balaban J connectivity index is 1.85. The van der Waals surface area contributed by atoms with Gasteiger partial charge in [0, 0.05) is 17.3 Å². The van der Waals surface area contributed by atoms with E-state index in [4.69, 9.17) is 0 Å². The van der Waals surface area contributed by atoms with Crippen molar-refractivity contribution in [3.05, 3.63) is 78.2 Å². The number of benzene rings is 2. The molecular formula is C20H15N3O. The van der Waals surface area contributed by atoms with Gasteiger partial charge in [0.05, 0.1) is 23.0 Å². The molecule has 0 atom stereocenters. The van der Waals surface area contributed by atoms with Crippen molar-refractivity contribution in [3.63, 3.8) is 0 Å². The van der Waals surface area contributed by atoms with Crippen LogP contribution in [0, 0.1) is 6.92 Å². The summed E-state index contributed by atoms with van der Waals surface area (Å²) in [7, 11) is 0. The second-order valence-corrected chi connectivity index (χ2v) is 5.69. The molecule has 4 aromatic rings. The lowest BCUT2D eigenvalue weighted by atomic mass is 10.0. The van der Waals surface area contributed by atoms with Crippen molar-refractivity contribution in [2.75, 3.05) is 5.32 Å². The molecular weight excluding hydrogens is 298 g/mol. The number of carbonyl (C=O) groups excluding carboxylic acids is 1. The third kappa shape index (κ3) is 2.48. The Labute approximate surface area is 139 Å². The van der Waals surface area contributed by atoms with Gasteiger partial charge in [-0.3, -0.25) is 14.8 Å². The first kappa shape index (κ1) is 14.3. The highest BCUT2D eigenvalue weighted by atomic mass is 16.1. The zero-order valence-electron chi connectivity index (χ0n) is 13.2. The van der Waals surface area contributed by atoms with Gasteiger partial charge in [-0.2, -0.15) is 0 Å². The summed E-state index contributed by atoms with van der Waals surface area (Å²) >= 11 is 0. The van der Waals surface area contributed by atoms with Crippen LogP contribution in [0.5, 0.6) is 0 Å². The molecule has 0 aliphatic rings. The van der Waals surface area contributed by atoms with Crippen molar-refractivity contribution in [3.8, 4) is 0 Å². The quantitative estimate of drug-likeness (QED) is 0.560. The normalized spacial score (nSPS) is 10.9. The second-order valence-electron chi connectivity index (χ2n) is 5.69. The fourth-order valence-electron chi connectivity index (χ4n) is 2.84. The maximum absolute atomic E-state index is 12.8. The summed E-state index contributed by atoms with van der Waals surface area (Å²) in [6.07, 6.45) is 3.37. The number of amides is 1. The number of rotatable bonds is 2. The monoisotopic (exact) mass is 313 g/mol. The molecule has 0 radical (unpaired) electrons. The van der Waals surface area contributed by atoms with Crippen LogP contribution in [0.3, 0.4) is 0 Å². The standard InChI is InChI=1S/C20H15N3O/c1-13-8-9-15(12-22-13)23-20(24)18-11-14-5-2-3-6-16(14)17-7-4-10-21-19(17)18/h2-12H,1H3,(H,23,24). The molecule has 0 fully saturated rings. The van der Waals surface area contributed by atoms with E-state index in [1.54, 1.807) is 12.4 Å². The number of hydrogen-bond donors (Lipinski definition) is 1. The first-order chi connectivity index (χ1) is 11.7. The van der Waals surface area contributed by atoms with Crippen LogP contribution >= 0.6 is 0 Å². The second kappa shape index (κ2) is 5.74. The summed E-state index contributed by atoms with van der Waals surface area (Å²) in [4.78, 5) is 21.4. The molecule has 0 unspecified atom stereocenters. The number of pyridine rings is 2. The molecule has 4 heteroatoms. The van der Waals surface area contributed by atoms with E-state index in [2.05, 4.69) is 15.3 Å². The molecule has 4 rings (SSSR count). The average molecular weight is 313 g/mol. The maximum atomic E-state index is 12.8. The van der Waals surface area contributed by atoms with Gasteiger partial charge in [0.2, 0.25) is 0 Å². The van der Waals surface area contributed by atoms with Gasteiger partial charge < -0.3 is 5.32 Å². The zero-order chi connectivity index (χ0) is 16.5. The highest BCUT2D eigenvalue weighted by molar-refractivity contribution is 6.18. The average Bonchev–Trinajstić information content (AvgIpc) is 2.63. The predicted molar refractivity (Wildman–Crippen MR) is 96.2 cm³/mol. The molecule has 2 aromatic heterocycles. The largest absolute Gasteiger partial charge is 0.321 e. The summed E-state index contributed by atoms with van der Waals surface area (Å²) in [6, 6.07) is 17.5. The van der Waals surface area contributed by atoms with Crippen LogP contribution < -0.4 is 5.32 Å². The molecule has 116 valence electrons. The third-order valence-electron chi connectivity index (χ3n) is 4.03. The van der Waals surface area contributed by atoms with Crippen LogP contribution in [-0.4, -0.2) is 15.9 Å². The van der Waals surface area contributed by atoms with Gasteiger partial charge in [0.1, 0.15) is 0 Å². The minimum absolute atomic E-state index is 0.185. The Morgan fingerprint density at radius 2 is 1.79 bits per heavy atom. The summed E-state index contributed by atoms with van der Waals surface area (Å²) in [5, 5.41) is 5.99. The Morgan fingerprint density at radius 3 is 2.62 bits per heavy atom. The highest BCUT2D eigenvalue weighted by Crippen LogP contribution is 2.27. The van der Waals surface area contributed by atoms with Crippen LogP contribution in [0.15, 0.2) is 67.0 Å². The van der Waals surface area contributed by atoms with Gasteiger partial charge in [-0.25, -0.2) is 0 Å². The summed E-state index contributed by atoms with van der Waals surface area (Å²) in [6.45, 7) is 1.91. The van der Waals surface area contributed by atoms with Crippen LogP contribution in [0.1, 0.15) is 16.1 Å². The van der Waals surface area contributed by atoms with Crippen molar-refractivity contribution >= 4 is 33.3 Å². The number of aryl methyl sites for hydroxylation is 1. The molecule has 0 saturated heterocycles. The molecule has 4 nitrogen and oxygen atoms in total. The lowest BCUT2D eigenvalue weighted by Crippen LogP contribution is -2.13. The van der Waals surface area contributed by atoms with Crippen LogP contribution in [0.4, 0.5) is 5.69 Å². The van der Waals surface area contributed by atoms with Gasteiger partial charge >= 0.3 is 0 Å². The van der Waals surface area contributed by atoms with Crippen LogP contribution in [-0.2, 0) is 0 Å². The first-order valence-corrected chi connectivity index (χ1v) is 7.73. The maximum Gasteiger partial charge on any atom is 0.257 e. The van der Waals surface area contributed by atoms with Crippen molar-refractivity contribution in [1.82, 2.24) is 9.97 Å².